The van der Waals surface area contributed by atoms with Crippen molar-refractivity contribution in [3.63, 3.8) is 0 Å². The van der Waals surface area contributed by atoms with Gasteiger partial charge in [0.2, 0.25) is 0 Å². The van der Waals surface area contributed by atoms with E-state index in [0.29, 0.717) is 25.2 Å². The molecule has 4 rings (SSSR count). The number of nitrogens with zero attached hydrogens (tertiary/aromatic N) is 3. The molecule has 0 aliphatic carbocycles. The summed E-state index contributed by atoms with van der Waals surface area (Å²) in [6, 6.07) is 11.1. The van der Waals surface area contributed by atoms with Crippen molar-refractivity contribution in [2.24, 2.45) is 0 Å². The van der Waals surface area contributed by atoms with E-state index in [0.717, 1.165) is 47.8 Å². The zero-order valence-corrected chi connectivity index (χ0v) is 19.7. The van der Waals surface area contributed by atoms with Crippen LogP contribution in [0, 0.1) is 24.0 Å². The molecule has 7 nitrogen and oxygen atoms in total. The van der Waals surface area contributed by atoms with Crippen LogP contribution in [0.25, 0.3) is 11.1 Å². The van der Waals surface area contributed by atoms with Crippen molar-refractivity contribution in [3.8, 4) is 11.1 Å². The van der Waals surface area contributed by atoms with Crippen LogP contribution >= 0.6 is 0 Å². The molecule has 1 radical (unpaired) electrons. The van der Waals surface area contributed by atoms with Gasteiger partial charge in [0, 0.05) is 30.3 Å². The number of hydrogen-bond donors (Lipinski definition) is 0. The lowest BCUT2D eigenvalue weighted by Crippen LogP contribution is -2.32. The molecule has 1 saturated heterocycles. The lowest BCUT2D eigenvalue weighted by molar-refractivity contribution is -0.385. The van der Waals surface area contributed by atoms with Crippen LogP contribution in [0.4, 0.5) is 5.69 Å². The van der Waals surface area contributed by atoms with Gasteiger partial charge in [0.05, 0.1) is 30.1 Å². The topological polar surface area (TPSA) is 81.6 Å². The first-order chi connectivity index (χ1) is 16.5. The maximum absolute atomic E-state index is 11.5. The molecule has 34 heavy (non-hydrogen) atoms. The van der Waals surface area contributed by atoms with Crippen LogP contribution in [0.1, 0.15) is 47.8 Å². The number of ether oxygens (including phenoxy) is 1. The minimum absolute atomic E-state index is 0.0948. The van der Waals surface area contributed by atoms with E-state index in [-0.39, 0.29) is 16.5 Å². The quantitative estimate of drug-likeness (QED) is 0.218. The second kappa shape index (κ2) is 11.4. The van der Waals surface area contributed by atoms with E-state index in [4.69, 9.17) is 9.15 Å². The van der Waals surface area contributed by atoms with Crippen LogP contribution in [-0.2, 0) is 17.8 Å². The highest BCUT2D eigenvalue weighted by atomic mass is 16.6. The summed E-state index contributed by atoms with van der Waals surface area (Å²) >= 11 is 0. The van der Waals surface area contributed by atoms with Crippen molar-refractivity contribution in [2.75, 3.05) is 26.2 Å². The Morgan fingerprint density at radius 1 is 1.24 bits per heavy atom. The van der Waals surface area contributed by atoms with Crippen LogP contribution in [0.3, 0.4) is 0 Å². The highest BCUT2D eigenvalue weighted by molar-refractivity contribution is 5.70. The fourth-order valence-electron chi connectivity index (χ4n) is 4.45. The standard InChI is InChI=1S/C27H32N3O4/c1-20-8-9-22(16-26(20)30(31)32)25-17-24(19-33-14-12-29-10-4-3-5-11-29)28-18-23(25)15-21(2)27-7-6-13-34-27/h6-9,13,16-18,21H,2-5,10-12,14-15,19H2,1H3. The van der Waals surface area contributed by atoms with Crippen molar-refractivity contribution in [1.29, 1.82) is 0 Å². The molecule has 1 aliphatic rings. The molecule has 7 heteroatoms. The minimum Gasteiger partial charge on any atom is -0.469 e. The van der Waals surface area contributed by atoms with E-state index in [2.05, 4.69) is 16.8 Å². The molecule has 1 aliphatic heterocycles. The summed E-state index contributed by atoms with van der Waals surface area (Å²) in [5, 5.41) is 11.5. The molecule has 1 unspecified atom stereocenters. The molecule has 3 heterocycles. The Hall–Kier alpha value is -3.03. The first-order valence-corrected chi connectivity index (χ1v) is 11.9. The van der Waals surface area contributed by atoms with Gasteiger partial charge in [0.1, 0.15) is 5.76 Å². The van der Waals surface area contributed by atoms with Crippen LogP contribution < -0.4 is 0 Å². The second-order valence-electron chi connectivity index (χ2n) is 8.96. The Bertz CT molecular complexity index is 1090. The van der Waals surface area contributed by atoms with Gasteiger partial charge in [-0.2, -0.15) is 0 Å². The third-order valence-electron chi connectivity index (χ3n) is 6.42. The first-order valence-electron chi connectivity index (χ1n) is 11.9. The second-order valence-corrected chi connectivity index (χ2v) is 8.96. The summed E-state index contributed by atoms with van der Waals surface area (Å²) in [5.41, 5.74) is 4.21. The Labute approximate surface area is 200 Å². The van der Waals surface area contributed by atoms with E-state index in [1.165, 1.54) is 19.3 Å². The zero-order chi connectivity index (χ0) is 23.9. The van der Waals surface area contributed by atoms with Gasteiger partial charge >= 0.3 is 0 Å². The van der Waals surface area contributed by atoms with Crippen molar-refractivity contribution in [1.82, 2.24) is 9.88 Å². The third-order valence-corrected chi connectivity index (χ3v) is 6.42. The predicted octanol–water partition coefficient (Wildman–Crippen LogP) is 5.72. The largest absolute Gasteiger partial charge is 0.469 e. The number of likely N-dealkylation sites (tertiary alicyclic amines) is 1. The Morgan fingerprint density at radius 3 is 2.79 bits per heavy atom. The number of pyridine rings is 1. The van der Waals surface area contributed by atoms with Gasteiger partial charge in [-0.1, -0.05) is 18.6 Å². The number of hydrogen-bond acceptors (Lipinski definition) is 6. The number of piperidine rings is 1. The van der Waals surface area contributed by atoms with Gasteiger partial charge in [-0.25, -0.2) is 0 Å². The first kappa shape index (κ1) is 24.1. The number of rotatable bonds is 10. The van der Waals surface area contributed by atoms with E-state index < -0.39 is 0 Å². The fourth-order valence-corrected chi connectivity index (χ4v) is 4.45. The van der Waals surface area contributed by atoms with Crippen LogP contribution in [0.15, 0.2) is 53.3 Å². The van der Waals surface area contributed by atoms with Crippen LogP contribution in [-0.4, -0.2) is 41.0 Å². The fraction of sp³-hybridized carbons (Fsp3) is 0.407. The van der Waals surface area contributed by atoms with Crippen molar-refractivity contribution in [3.05, 3.63) is 88.5 Å². The molecule has 0 amide bonds. The van der Waals surface area contributed by atoms with Gasteiger partial charge in [0.25, 0.3) is 5.69 Å². The molecule has 1 aromatic carbocycles. The molecule has 179 valence electrons. The van der Waals surface area contributed by atoms with Gasteiger partial charge < -0.3 is 14.1 Å². The molecule has 3 aromatic rings. The molecule has 0 saturated carbocycles. The third kappa shape index (κ3) is 6.10. The highest BCUT2D eigenvalue weighted by Gasteiger charge is 2.18. The molecular weight excluding hydrogens is 430 g/mol. The van der Waals surface area contributed by atoms with Gasteiger partial charge in [-0.3, -0.25) is 15.1 Å². The lowest BCUT2D eigenvalue weighted by Gasteiger charge is -2.26. The Balaban J connectivity index is 1.54. The summed E-state index contributed by atoms with van der Waals surface area (Å²) in [4.78, 5) is 18.3. The van der Waals surface area contributed by atoms with Crippen LogP contribution in [0.2, 0.25) is 0 Å². The molecule has 1 atom stereocenters. The maximum atomic E-state index is 11.5. The number of furan rings is 1. The molecule has 0 spiro atoms. The lowest BCUT2D eigenvalue weighted by atomic mass is 9.92. The van der Waals surface area contributed by atoms with E-state index in [1.54, 1.807) is 25.3 Å². The van der Waals surface area contributed by atoms with Crippen molar-refractivity contribution in [2.45, 2.75) is 45.1 Å². The van der Waals surface area contributed by atoms with E-state index in [9.17, 15) is 10.1 Å². The number of nitro benzene ring substituents is 1. The zero-order valence-electron chi connectivity index (χ0n) is 19.7. The van der Waals surface area contributed by atoms with E-state index in [1.807, 2.05) is 30.5 Å². The molecule has 1 fully saturated rings. The van der Waals surface area contributed by atoms with Crippen molar-refractivity contribution < 1.29 is 14.1 Å². The summed E-state index contributed by atoms with van der Waals surface area (Å²) in [7, 11) is 0. The van der Waals surface area contributed by atoms with Crippen LogP contribution in [0.5, 0.6) is 0 Å². The summed E-state index contributed by atoms with van der Waals surface area (Å²) in [6.07, 6.45) is 7.93. The maximum Gasteiger partial charge on any atom is 0.272 e. The highest BCUT2D eigenvalue weighted by Crippen LogP contribution is 2.32. The number of aromatic nitrogens is 1. The normalized spacial score (nSPS) is 15.4. The van der Waals surface area contributed by atoms with Gasteiger partial charge in [-0.05, 0) is 81.1 Å². The Kier molecular flexibility index (Phi) is 8.08. The number of nitro groups is 1. The summed E-state index contributed by atoms with van der Waals surface area (Å²) in [5.74, 6) is 0.702. The molecule has 0 N–H and O–H groups in total. The van der Waals surface area contributed by atoms with Crippen molar-refractivity contribution >= 4 is 5.69 Å². The summed E-state index contributed by atoms with van der Waals surface area (Å²) in [6.45, 7) is 10.3. The number of benzene rings is 1. The Morgan fingerprint density at radius 2 is 2.06 bits per heavy atom. The summed E-state index contributed by atoms with van der Waals surface area (Å²) < 4.78 is 11.5. The molecule has 2 aromatic heterocycles. The minimum atomic E-state index is -0.336. The van der Waals surface area contributed by atoms with Gasteiger partial charge in [0.15, 0.2) is 0 Å². The van der Waals surface area contributed by atoms with E-state index >= 15 is 0 Å². The number of aryl methyl sites for hydroxylation is 1. The molecule has 0 bridgehead atoms. The average Bonchev–Trinajstić information content (AvgIpc) is 3.39. The molecular formula is C27H32N3O4. The predicted molar refractivity (Wildman–Crippen MR) is 132 cm³/mol. The average molecular weight is 463 g/mol. The van der Waals surface area contributed by atoms with Gasteiger partial charge in [-0.15, -0.1) is 0 Å². The monoisotopic (exact) mass is 462 g/mol. The smallest absolute Gasteiger partial charge is 0.272 e. The SMILES string of the molecule is [CH2]C(Cc1cnc(COCCN2CCCCC2)cc1-c1ccc(C)c([N+](=O)[O-])c1)c1ccco1.